The summed E-state index contributed by atoms with van der Waals surface area (Å²) in [6.07, 6.45) is 3.17. The SMILES string of the molecule is Cc1csc(NC(=O)/C=C/c2cccc(Cl)c2)n1. The number of halogens is 1. The van der Waals surface area contributed by atoms with E-state index in [2.05, 4.69) is 10.3 Å². The molecule has 0 radical (unpaired) electrons. The molecular formula is C13H11ClN2OS. The van der Waals surface area contributed by atoms with Crippen molar-refractivity contribution < 1.29 is 4.79 Å². The number of amides is 1. The van der Waals surface area contributed by atoms with Crippen LogP contribution in [0.5, 0.6) is 0 Å². The number of thiazole rings is 1. The van der Waals surface area contributed by atoms with Gasteiger partial charge in [0.1, 0.15) is 0 Å². The van der Waals surface area contributed by atoms with E-state index >= 15 is 0 Å². The van der Waals surface area contributed by atoms with Gasteiger partial charge in [0.2, 0.25) is 5.91 Å². The van der Waals surface area contributed by atoms with Crippen LogP contribution in [0.2, 0.25) is 5.02 Å². The Morgan fingerprint density at radius 3 is 3.00 bits per heavy atom. The predicted molar refractivity (Wildman–Crippen MR) is 76.0 cm³/mol. The van der Waals surface area contributed by atoms with Crippen LogP contribution in [0.1, 0.15) is 11.3 Å². The van der Waals surface area contributed by atoms with Crippen molar-refractivity contribution in [2.75, 3.05) is 5.32 Å². The maximum atomic E-state index is 11.6. The van der Waals surface area contributed by atoms with Crippen LogP contribution in [-0.2, 0) is 4.79 Å². The fourth-order valence-electron chi connectivity index (χ4n) is 1.34. The molecule has 1 N–H and O–H groups in total. The average Bonchev–Trinajstić information content (AvgIpc) is 2.72. The molecule has 5 heteroatoms. The van der Waals surface area contributed by atoms with Crippen molar-refractivity contribution in [2.45, 2.75) is 6.92 Å². The van der Waals surface area contributed by atoms with Crippen LogP contribution in [0.15, 0.2) is 35.7 Å². The summed E-state index contributed by atoms with van der Waals surface area (Å²) in [5.74, 6) is -0.204. The van der Waals surface area contributed by atoms with Gasteiger partial charge in [-0.1, -0.05) is 23.7 Å². The Morgan fingerprint density at radius 1 is 1.50 bits per heavy atom. The van der Waals surface area contributed by atoms with Gasteiger partial charge in [-0.25, -0.2) is 4.98 Å². The second-order valence-electron chi connectivity index (χ2n) is 3.67. The molecule has 2 aromatic rings. The van der Waals surface area contributed by atoms with E-state index in [0.717, 1.165) is 11.3 Å². The van der Waals surface area contributed by atoms with Crippen LogP contribution in [0, 0.1) is 6.92 Å². The lowest BCUT2D eigenvalue weighted by molar-refractivity contribution is -0.111. The van der Waals surface area contributed by atoms with Crippen molar-refractivity contribution in [1.29, 1.82) is 0 Å². The quantitative estimate of drug-likeness (QED) is 0.869. The number of anilines is 1. The van der Waals surface area contributed by atoms with Gasteiger partial charge in [-0.05, 0) is 30.7 Å². The number of carbonyl (C=O) groups excluding carboxylic acids is 1. The van der Waals surface area contributed by atoms with Crippen molar-refractivity contribution in [3.63, 3.8) is 0 Å². The van der Waals surface area contributed by atoms with E-state index in [4.69, 9.17) is 11.6 Å². The summed E-state index contributed by atoms with van der Waals surface area (Å²) in [6.45, 7) is 1.88. The zero-order chi connectivity index (χ0) is 13.0. The molecule has 0 fully saturated rings. The van der Waals surface area contributed by atoms with Gasteiger partial charge in [0.05, 0.1) is 5.69 Å². The molecule has 1 amide bonds. The lowest BCUT2D eigenvalue weighted by atomic mass is 10.2. The van der Waals surface area contributed by atoms with Gasteiger partial charge in [-0.15, -0.1) is 11.3 Å². The standard InChI is InChI=1S/C13H11ClN2OS/c1-9-8-18-13(15-9)16-12(17)6-5-10-3-2-4-11(14)7-10/h2-8H,1H3,(H,15,16,17)/b6-5+. The van der Waals surface area contributed by atoms with Crippen molar-refractivity contribution in [3.05, 3.63) is 52.0 Å². The average molecular weight is 279 g/mol. The Hall–Kier alpha value is -1.65. The summed E-state index contributed by atoms with van der Waals surface area (Å²) in [4.78, 5) is 15.8. The molecule has 0 unspecified atom stereocenters. The fourth-order valence-corrected chi connectivity index (χ4v) is 2.23. The number of carbonyl (C=O) groups is 1. The third-order valence-corrected chi connectivity index (χ3v) is 3.24. The summed E-state index contributed by atoms with van der Waals surface area (Å²) in [7, 11) is 0. The molecule has 1 heterocycles. The highest BCUT2D eigenvalue weighted by Crippen LogP contribution is 2.15. The van der Waals surface area contributed by atoms with E-state index in [-0.39, 0.29) is 5.91 Å². The van der Waals surface area contributed by atoms with Crippen LogP contribution in [0.25, 0.3) is 6.08 Å². The normalized spacial score (nSPS) is 10.8. The van der Waals surface area contributed by atoms with Crippen LogP contribution in [-0.4, -0.2) is 10.9 Å². The smallest absolute Gasteiger partial charge is 0.250 e. The van der Waals surface area contributed by atoms with Gasteiger partial charge >= 0.3 is 0 Å². The Morgan fingerprint density at radius 2 is 2.33 bits per heavy atom. The molecule has 92 valence electrons. The number of hydrogen-bond acceptors (Lipinski definition) is 3. The Kier molecular flexibility index (Phi) is 4.12. The van der Waals surface area contributed by atoms with Crippen molar-refractivity contribution in [1.82, 2.24) is 4.98 Å². The highest BCUT2D eigenvalue weighted by molar-refractivity contribution is 7.13. The highest BCUT2D eigenvalue weighted by atomic mass is 35.5. The minimum atomic E-state index is -0.204. The molecular weight excluding hydrogens is 268 g/mol. The number of aromatic nitrogens is 1. The minimum absolute atomic E-state index is 0.204. The number of benzene rings is 1. The number of rotatable bonds is 3. The molecule has 0 aliphatic heterocycles. The number of aryl methyl sites for hydroxylation is 1. The van der Waals surface area contributed by atoms with Crippen molar-refractivity contribution >= 4 is 40.1 Å². The number of hydrogen-bond donors (Lipinski definition) is 1. The summed E-state index contributed by atoms with van der Waals surface area (Å²) in [5, 5.41) is 5.83. The molecule has 0 aliphatic rings. The lowest BCUT2D eigenvalue weighted by Gasteiger charge is -1.96. The van der Waals surface area contributed by atoms with Crippen molar-refractivity contribution in [2.24, 2.45) is 0 Å². The predicted octanol–water partition coefficient (Wildman–Crippen LogP) is 3.76. The molecule has 0 aliphatic carbocycles. The third-order valence-electron chi connectivity index (χ3n) is 2.12. The maximum absolute atomic E-state index is 11.6. The lowest BCUT2D eigenvalue weighted by Crippen LogP contribution is -2.07. The molecule has 0 atom stereocenters. The fraction of sp³-hybridized carbons (Fsp3) is 0.0769. The van der Waals surface area contributed by atoms with Gasteiger partial charge in [0.15, 0.2) is 5.13 Å². The van der Waals surface area contributed by atoms with Crippen LogP contribution >= 0.6 is 22.9 Å². The second kappa shape index (κ2) is 5.80. The molecule has 3 nitrogen and oxygen atoms in total. The summed E-state index contributed by atoms with van der Waals surface area (Å²) in [5.41, 5.74) is 1.78. The van der Waals surface area contributed by atoms with Gasteiger partial charge in [0.25, 0.3) is 0 Å². The van der Waals surface area contributed by atoms with Crippen molar-refractivity contribution in [3.8, 4) is 0 Å². The van der Waals surface area contributed by atoms with Crippen LogP contribution < -0.4 is 5.32 Å². The first-order chi connectivity index (χ1) is 8.63. The van der Waals surface area contributed by atoms with Gasteiger partial charge in [-0.2, -0.15) is 0 Å². The zero-order valence-electron chi connectivity index (χ0n) is 9.68. The maximum Gasteiger partial charge on any atom is 0.250 e. The molecule has 2 rings (SSSR count). The molecule has 18 heavy (non-hydrogen) atoms. The first-order valence-corrected chi connectivity index (χ1v) is 6.56. The topological polar surface area (TPSA) is 42.0 Å². The van der Waals surface area contributed by atoms with Crippen LogP contribution in [0.4, 0.5) is 5.13 Å². The molecule has 1 aromatic carbocycles. The Labute approximate surface area is 114 Å². The summed E-state index contributed by atoms with van der Waals surface area (Å²) in [6, 6.07) is 7.30. The van der Waals surface area contributed by atoms with E-state index < -0.39 is 0 Å². The molecule has 0 bridgehead atoms. The van der Waals surface area contributed by atoms with E-state index in [1.807, 2.05) is 24.4 Å². The summed E-state index contributed by atoms with van der Waals surface area (Å²) < 4.78 is 0. The van der Waals surface area contributed by atoms with Crippen LogP contribution in [0.3, 0.4) is 0 Å². The van der Waals surface area contributed by atoms with E-state index in [9.17, 15) is 4.79 Å². The number of nitrogens with one attached hydrogen (secondary N) is 1. The van der Waals surface area contributed by atoms with E-state index in [1.165, 1.54) is 17.4 Å². The minimum Gasteiger partial charge on any atom is -0.298 e. The summed E-state index contributed by atoms with van der Waals surface area (Å²) >= 11 is 7.25. The molecule has 0 spiro atoms. The Bertz CT molecular complexity index is 592. The van der Waals surface area contributed by atoms with Gasteiger partial charge < -0.3 is 0 Å². The zero-order valence-corrected chi connectivity index (χ0v) is 11.3. The van der Waals surface area contributed by atoms with E-state index in [0.29, 0.717) is 10.2 Å². The molecule has 0 saturated heterocycles. The third kappa shape index (κ3) is 3.68. The monoisotopic (exact) mass is 278 g/mol. The second-order valence-corrected chi connectivity index (χ2v) is 4.97. The first-order valence-electron chi connectivity index (χ1n) is 5.30. The molecule has 0 saturated carbocycles. The highest BCUT2D eigenvalue weighted by Gasteiger charge is 2.01. The largest absolute Gasteiger partial charge is 0.298 e. The van der Waals surface area contributed by atoms with Gasteiger partial charge in [-0.3, -0.25) is 10.1 Å². The Balaban J connectivity index is 1.99. The van der Waals surface area contributed by atoms with E-state index in [1.54, 1.807) is 18.2 Å². The van der Waals surface area contributed by atoms with Gasteiger partial charge in [0, 0.05) is 16.5 Å². The molecule has 1 aromatic heterocycles. The number of nitrogens with zero attached hydrogens (tertiary/aromatic N) is 1. The first kappa shape index (κ1) is 12.8.